The van der Waals surface area contributed by atoms with Gasteiger partial charge in [0.15, 0.2) is 11.5 Å². The van der Waals surface area contributed by atoms with E-state index in [1.807, 2.05) is 50.4 Å². The van der Waals surface area contributed by atoms with Crippen LogP contribution in [0.3, 0.4) is 0 Å². The number of imidazole rings is 1. The second-order valence-electron chi connectivity index (χ2n) is 8.00. The molecule has 0 saturated carbocycles. The van der Waals surface area contributed by atoms with Gasteiger partial charge in [-0.2, -0.15) is 0 Å². The van der Waals surface area contributed by atoms with Crippen LogP contribution in [0, 0.1) is 6.92 Å². The number of carbonyl (C=O) groups is 1. The number of fused-ring (bicyclic) bond motifs is 1. The van der Waals surface area contributed by atoms with E-state index in [0.717, 1.165) is 52.8 Å². The monoisotopic (exact) mass is 420 g/mol. The molecule has 160 valence electrons. The van der Waals surface area contributed by atoms with Gasteiger partial charge < -0.3 is 24.0 Å². The number of hydrogen-bond donors (Lipinski definition) is 1. The Labute approximate surface area is 180 Å². The number of pyridine rings is 1. The first-order valence-electron chi connectivity index (χ1n) is 10.4. The molecule has 0 unspecified atom stereocenters. The van der Waals surface area contributed by atoms with Crippen LogP contribution in [0.2, 0.25) is 0 Å². The highest BCUT2D eigenvalue weighted by molar-refractivity contribution is 5.79. The molecule has 2 aliphatic rings. The number of aromatic nitrogens is 3. The molecule has 8 heteroatoms. The van der Waals surface area contributed by atoms with Crippen LogP contribution in [0.5, 0.6) is 11.5 Å². The normalized spacial score (nSPS) is 16.0. The van der Waals surface area contributed by atoms with Gasteiger partial charge in [0.05, 0.1) is 17.1 Å². The van der Waals surface area contributed by atoms with E-state index < -0.39 is 6.09 Å². The summed E-state index contributed by atoms with van der Waals surface area (Å²) in [6.07, 6.45) is 0.639. The first-order valence-corrected chi connectivity index (χ1v) is 10.4. The topological polar surface area (TPSA) is 89.7 Å². The van der Waals surface area contributed by atoms with Crippen LogP contribution < -0.4 is 9.47 Å². The van der Waals surface area contributed by atoms with E-state index in [2.05, 4.69) is 4.57 Å². The average molecular weight is 420 g/mol. The predicted octanol–water partition coefficient (Wildman–Crippen LogP) is 4.04. The van der Waals surface area contributed by atoms with E-state index in [-0.39, 0.29) is 12.7 Å². The molecular weight excluding hydrogens is 396 g/mol. The number of carboxylic acid groups (broad SMARTS) is 1. The van der Waals surface area contributed by atoms with Crippen molar-refractivity contribution in [3.8, 4) is 34.1 Å². The molecule has 2 aromatic heterocycles. The average Bonchev–Trinajstić information content (AvgIpc) is 3.37. The number of piperidine rings is 1. The zero-order valence-corrected chi connectivity index (χ0v) is 17.5. The molecule has 0 radical (unpaired) electrons. The largest absolute Gasteiger partial charge is 0.465 e. The van der Waals surface area contributed by atoms with Gasteiger partial charge in [-0.15, -0.1) is 0 Å². The van der Waals surface area contributed by atoms with Crippen molar-refractivity contribution >= 4 is 6.09 Å². The van der Waals surface area contributed by atoms with Crippen LogP contribution in [0.25, 0.3) is 22.6 Å². The molecule has 1 saturated heterocycles. The highest BCUT2D eigenvalue weighted by Crippen LogP contribution is 2.40. The van der Waals surface area contributed by atoms with Gasteiger partial charge in [-0.1, -0.05) is 6.07 Å². The summed E-state index contributed by atoms with van der Waals surface area (Å²) in [6, 6.07) is 11.8. The van der Waals surface area contributed by atoms with Crippen molar-refractivity contribution in [2.75, 3.05) is 19.9 Å². The van der Waals surface area contributed by atoms with Gasteiger partial charge in [0.25, 0.3) is 0 Å². The lowest BCUT2D eigenvalue weighted by atomic mass is 9.96. The minimum atomic E-state index is -0.857. The third kappa shape index (κ3) is 3.48. The molecule has 3 aromatic rings. The molecule has 0 bridgehead atoms. The van der Waals surface area contributed by atoms with Crippen LogP contribution >= 0.6 is 0 Å². The Kier molecular flexibility index (Phi) is 4.77. The predicted molar refractivity (Wildman–Crippen MR) is 114 cm³/mol. The Morgan fingerprint density at radius 2 is 1.87 bits per heavy atom. The SMILES string of the molecule is Cc1cccc(-c2c(-c3ccc4c(c3)OCO4)nc(C3CCN(C(=O)O)CC3)n2C)n1. The summed E-state index contributed by atoms with van der Waals surface area (Å²) in [5.74, 6) is 2.58. The van der Waals surface area contributed by atoms with E-state index in [1.165, 1.54) is 4.90 Å². The lowest BCUT2D eigenvalue weighted by molar-refractivity contribution is 0.131. The van der Waals surface area contributed by atoms with Crippen molar-refractivity contribution in [2.45, 2.75) is 25.7 Å². The molecular formula is C23H24N4O4. The van der Waals surface area contributed by atoms with E-state index in [0.29, 0.717) is 18.8 Å². The Balaban J connectivity index is 1.60. The zero-order valence-electron chi connectivity index (χ0n) is 17.5. The molecule has 4 heterocycles. The van der Waals surface area contributed by atoms with Crippen molar-refractivity contribution in [2.24, 2.45) is 7.05 Å². The summed E-state index contributed by atoms with van der Waals surface area (Å²) in [5, 5.41) is 9.27. The molecule has 31 heavy (non-hydrogen) atoms. The van der Waals surface area contributed by atoms with Gasteiger partial charge in [-0.3, -0.25) is 4.98 Å². The lowest BCUT2D eigenvalue weighted by Crippen LogP contribution is -2.37. The molecule has 1 fully saturated rings. The number of rotatable bonds is 3. The summed E-state index contributed by atoms with van der Waals surface area (Å²) in [7, 11) is 2.02. The lowest BCUT2D eigenvalue weighted by Gasteiger charge is -2.29. The smallest absolute Gasteiger partial charge is 0.407 e. The summed E-state index contributed by atoms with van der Waals surface area (Å²) >= 11 is 0. The number of likely N-dealkylation sites (tertiary alicyclic amines) is 1. The Bertz CT molecular complexity index is 1150. The molecule has 8 nitrogen and oxygen atoms in total. The van der Waals surface area contributed by atoms with Crippen LogP contribution in [0.1, 0.15) is 30.3 Å². The summed E-state index contributed by atoms with van der Waals surface area (Å²) in [6.45, 7) is 3.23. The van der Waals surface area contributed by atoms with Crippen LogP contribution in [-0.4, -0.2) is 50.5 Å². The van der Waals surface area contributed by atoms with E-state index in [1.54, 1.807) is 0 Å². The summed E-state index contributed by atoms with van der Waals surface area (Å²) < 4.78 is 13.2. The van der Waals surface area contributed by atoms with Gasteiger partial charge in [0.2, 0.25) is 6.79 Å². The second kappa shape index (κ2) is 7.61. The molecule has 1 amide bonds. The maximum absolute atomic E-state index is 11.3. The van der Waals surface area contributed by atoms with E-state index in [4.69, 9.17) is 19.4 Å². The van der Waals surface area contributed by atoms with Gasteiger partial charge in [-0.05, 0) is 50.1 Å². The van der Waals surface area contributed by atoms with Crippen molar-refractivity contribution in [1.29, 1.82) is 0 Å². The van der Waals surface area contributed by atoms with E-state index in [9.17, 15) is 9.90 Å². The standard InChI is InChI=1S/C23H24N4O4/c1-14-4-3-5-17(24-14)21-20(16-6-7-18-19(12-16)31-13-30-18)25-22(26(21)2)15-8-10-27(11-9-15)23(28)29/h3-7,12,15H,8-11,13H2,1-2H3,(H,28,29). The van der Waals surface area contributed by atoms with Crippen LogP contribution in [-0.2, 0) is 7.05 Å². The fourth-order valence-electron chi connectivity index (χ4n) is 4.42. The molecule has 2 aliphatic heterocycles. The maximum Gasteiger partial charge on any atom is 0.407 e. The Morgan fingerprint density at radius 3 is 2.61 bits per heavy atom. The fourth-order valence-corrected chi connectivity index (χ4v) is 4.42. The number of hydrogen-bond acceptors (Lipinski definition) is 5. The minimum absolute atomic E-state index is 0.187. The molecule has 1 aromatic carbocycles. The first-order chi connectivity index (χ1) is 15.0. The maximum atomic E-state index is 11.3. The highest BCUT2D eigenvalue weighted by Gasteiger charge is 2.29. The quantitative estimate of drug-likeness (QED) is 0.688. The van der Waals surface area contributed by atoms with Gasteiger partial charge in [-0.25, -0.2) is 9.78 Å². The highest BCUT2D eigenvalue weighted by atomic mass is 16.7. The molecule has 5 rings (SSSR count). The third-order valence-corrected chi connectivity index (χ3v) is 6.04. The summed E-state index contributed by atoms with van der Waals surface area (Å²) in [5.41, 5.74) is 4.52. The molecule has 0 spiro atoms. The van der Waals surface area contributed by atoms with E-state index >= 15 is 0 Å². The van der Waals surface area contributed by atoms with Crippen molar-refractivity contribution in [3.63, 3.8) is 0 Å². The van der Waals surface area contributed by atoms with Crippen molar-refractivity contribution < 1.29 is 19.4 Å². The minimum Gasteiger partial charge on any atom is -0.465 e. The molecule has 1 N–H and O–H groups in total. The van der Waals surface area contributed by atoms with Gasteiger partial charge >= 0.3 is 6.09 Å². The van der Waals surface area contributed by atoms with Crippen LogP contribution in [0.4, 0.5) is 4.79 Å². The molecule has 0 atom stereocenters. The fraction of sp³-hybridized carbons (Fsp3) is 0.348. The summed E-state index contributed by atoms with van der Waals surface area (Å²) in [4.78, 5) is 22.6. The first kappa shape index (κ1) is 19.4. The number of nitrogens with zero attached hydrogens (tertiary/aromatic N) is 4. The van der Waals surface area contributed by atoms with Crippen molar-refractivity contribution in [1.82, 2.24) is 19.4 Å². The Hall–Kier alpha value is -3.55. The number of ether oxygens (including phenoxy) is 2. The molecule has 0 aliphatic carbocycles. The zero-order chi connectivity index (χ0) is 21.5. The number of amides is 1. The second-order valence-corrected chi connectivity index (χ2v) is 8.00. The van der Waals surface area contributed by atoms with Crippen LogP contribution in [0.15, 0.2) is 36.4 Å². The Morgan fingerprint density at radius 1 is 1.10 bits per heavy atom. The number of aryl methyl sites for hydroxylation is 1. The van der Waals surface area contributed by atoms with Gasteiger partial charge in [0, 0.05) is 37.3 Å². The third-order valence-electron chi connectivity index (χ3n) is 6.04. The van der Waals surface area contributed by atoms with Gasteiger partial charge in [0.1, 0.15) is 5.82 Å². The van der Waals surface area contributed by atoms with Crippen molar-refractivity contribution in [3.05, 3.63) is 47.9 Å². The number of benzene rings is 1.